The molecule has 0 atom stereocenters. The van der Waals surface area contributed by atoms with Crippen molar-refractivity contribution in [3.8, 4) is 0 Å². The summed E-state index contributed by atoms with van der Waals surface area (Å²) in [7, 11) is 0. The van der Waals surface area contributed by atoms with Crippen LogP contribution in [0.15, 0.2) is 61.1 Å². The number of nitrogens with zero attached hydrogens (tertiary/aromatic N) is 4. The van der Waals surface area contributed by atoms with Gasteiger partial charge in [-0.2, -0.15) is 0 Å². The van der Waals surface area contributed by atoms with Gasteiger partial charge in [0.2, 0.25) is 0 Å². The summed E-state index contributed by atoms with van der Waals surface area (Å²) in [5, 5.41) is 11.7. The molecule has 0 aliphatic rings. The Morgan fingerprint density at radius 1 is 0.625 bits per heavy atom. The highest BCUT2D eigenvalue weighted by atomic mass is 15.7. The first-order valence-corrected chi connectivity index (χ1v) is 5.13. The molecule has 0 aromatic heterocycles. The summed E-state index contributed by atoms with van der Waals surface area (Å²) >= 11 is 0. The summed E-state index contributed by atoms with van der Waals surface area (Å²) < 4.78 is 0. The Kier molecular flexibility index (Phi) is 8.59. The Labute approximate surface area is 97.9 Å². The summed E-state index contributed by atoms with van der Waals surface area (Å²) in [6, 6.07) is 0. The average molecular weight is 220 g/mol. The van der Waals surface area contributed by atoms with E-state index in [1.807, 2.05) is 0 Å². The largest absolute Gasteiger partial charge is 0.269 e. The van der Waals surface area contributed by atoms with Gasteiger partial charge in [0.15, 0.2) is 0 Å². The van der Waals surface area contributed by atoms with Crippen LogP contribution >= 0.6 is 0 Å². The Hall–Kier alpha value is -1.84. The van der Waals surface area contributed by atoms with Crippen LogP contribution < -0.4 is 0 Å². The standard InChI is InChI=1S/C12H20N4/c1-5-9-15(10-6-2)13-14-16(11-7-3)12-8-4/h5-8H,1-4,9-12H2. The van der Waals surface area contributed by atoms with E-state index in [-0.39, 0.29) is 0 Å². The monoisotopic (exact) mass is 220 g/mol. The van der Waals surface area contributed by atoms with E-state index in [4.69, 9.17) is 0 Å². The lowest BCUT2D eigenvalue weighted by Crippen LogP contribution is -2.21. The Morgan fingerprint density at radius 2 is 0.875 bits per heavy atom. The molecule has 0 N–H and O–H groups in total. The van der Waals surface area contributed by atoms with Gasteiger partial charge in [-0.05, 0) is 0 Å². The highest BCUT2D eigenvalue weighted by Crippen LogP contribution is 1.96. The minimum Gasteiger partial charge on any atom is -0.269 e. The quantitative estimate of drug-likeness (QED) is 0.322. The van der Waals surface area contributed by atoms with Gasteiger partial charge in [-0.3, -0.25) is 10.0 Å². The maximum Gasteiger partial charge on any atom is 0.0559 e. The normalized spacial score (nSPS) is 9.75. The predicted molar refractivity (Wildman–Crippen MR) is 68.8 cm³/mol. The molecule has 4 heteroatoms. The molecule has 0 fully saturated rings. The first-order valence-electron chi connectivity index (χ1n) is 5.13. The van der Waals surface area contributed by atoms with E-state index in [0.29, 0.717) is 26.2 Å². The maximum absolute atomic E-state index is 4.09. The van der Waals surface area contributed by atoms with E-state index in [1.165, 1.54) is 0 Å². The molecule has 0 rings (SSSR count). The highest BCUT2D eigenvalue weighted by Gasteiger charge is 1.98. The summed E-state index contributed by atoms with van der Waals surface area (Å²) in [4.78, 5) is 0. The van der Waals surface area contributed by atoms with Crippen LogP contribution in [0.1, 0.15) is 0 Å². The van der Waals surface area contributed by atoms with Crippen LogP contribution in [0.5, 0.6) is 0 Å². The van der Waals surface area contributed by atoms with Crippen molar-refractivity contribution in [3.63, 3.8) is 0 Å². The minimum atomic E-state index is 0.644. The van der Waals surface area contributed by atoms with Gasteiger partial charge in [-0.15, -0.1) is 26.3 Å². The van der Waals surface area contributed by atoms with Gasteiger partial charge < -0.3 is 0 Å². The maximum atomic E-state index is 4.09. The van der Waals surface area contributed by atoms with E-state index in [0.717, 1.165) is 0 Å². The van der Waals surface area contributed by atoms with Crippen molar-refractivity contribution in [2.24, 2.45) is 10.4 Å². The van der Waals surface area contributed by atoms with Crippen LogP contribution in [0.4, 0.5) is 0 Å². The van der Waals surface area contributed by atoms with Crippen LogP contribution in [0.2, 0.25) is 0 Å². The zero-order valence-corrected chi connectivity index (χ0v) is 9.76. The van der Waals surface area contributed by atoms with Crippen molar-refractivity contribution >= 4 is 0 Å². The van der Waals surface area contributed by atoms with E-state index in [1.54, 1.807) is 34.3 Å². The molecule has 88 valence electrons. The number of hydrogen-bond acceptors (Lipinski definition) is 2. The molecule has 0 radical (unpaired) electrons. The van der Waals surface area contributed by atoms with E-state index in [2.05, 4.69) is 36.8 Å². The molecular weight excluding hydrogens is 200 g/mol. The predicted octanol–water partition coefficient (Wildman–Crippen LogP) is 2.62. The molecule has 0 saturated carbocycles. The van der Waals surface area contributed by atoms with Gasteiger partial charge in [0, 0.05) is 0 Å². The SMILES string of the molecule is C=CCN(CC=C)N=NN(CC=C)CC=C. The van der Waals surface area contributed by atoms with Gasteiger partial charge in [-0.1, -0.05) is 34.8 Å². The molecule has 0 amide bonds. The number of hydrogen-bond donors (Lipinski definition) is 0. The van der Waals surface area contributed by atoms with Crippen LogP contribution in [0, 0.1) is 0 Å². The molecular formula is C12H20N4. The summed E-state index contributed by atoms with van der Waals surface area (Å²) in [6.45, 7) is 17.2. The lowest BCUT2D eigenvalue weighted by atomic mass is 10.5. The van der Waals surface area contributed by atoms with Crippen molar-refractivity contribution in [3.05, 3.63) is 50.6 Å². The van der Waals surface area contributed by atoms with Crippen molar-refractivity contribution < 1.29 is 0 Å². The van der Waals surface area contributed by atoms with Crippen molar-refractivity contribution in [2.75, 3.05) is 26.2 Å². The summed E-state index contributed by atoms with van der Waals surface area (Å²) in [6.07, 6.45) is 7.09. The lowest BCUT2D eigenvalue weighted by molar-refractivity contribution is 0.247. The van der Waals surface area contributed by atoms with Crippen LogP contribution in [0.25, 0.3) is 0 Å². The third-order valence-electron chi connectivity index (χ3n) is 1.65. The average Bonchev–Trinajstić information content (AvgIpc) is 2.27. The minimum absolute atomic E-state index is 0.644. The molecule has 0 unspecified atom stereocenters. The third-order valence-corrected chi connectivity index (χ3v) is 1.65. The zero-order valence-electron chi connectivity index (χ0n) is 9.76. The molecule has 0 aromatic carbocycles. The second-order valence-corrected chi connectivity index (χ2v) is 3.08. The fraction of sp³-hybridized carbons (Fsp3) is 0.333. The van der Waals surface area contributed by atoms with Gasteiger partial charge in [0.05, 0.1) is 26.2 Å². The Balaban J connectivity index is 4.32. The van der Waals surface area contributed by atoms with Crippen LogP contribution in [0.3, 0.4) is 0 Å². The molecule has 16 heavy (non-hydrogen) atoms. The van der Waals surface area contributed by atoms with Crippen LogP contribution in [-0.4, -0.2) is 36.2 Å². The molecule has 0 bridgehead atoms. The Bertz CT molecular complexity index is 212. The van der Waals surface area contributed by atoms with E-state index < -0.39 is 0 Å². The smallest absolute Gasteiger partial charge is 0.0559 e. The van der Waals surface area contributed by atoms with E-state index >= 15 is 0 Å². The molecule has 4 nitrogen and oxygen atoms in total. The first kappa shape index (κ1) is 14.2. The second-order valence-electron chi connectivity index (χ2n) is 3.08. The zero-order chi connectivity index (χ0) is 12.2. The highest BCUT2D eigenvalue weighted by molar-refractivity contribution is 4.78. The summed E-state index contributed by atoms with van der Waals surface area (Å²) in [5.41, 5.74) is 0. The molecule has 0 saturated heterocycles. The topological polar surface area (TPSA) is 31.2 Å². The van der Waals surface area contributed by atoms with Crippen molar-refractivity contribution in [2.45, 2.75) is 0 Å². The molecule has 0 aliphatic carbocycles. The first-order chi connectivity index (χ1) is 7.78. The Morgan fingerprint density at radius 3 is 1.06 bits per heavy atom. The summed E-state index contributed by atoms with van der Waals surface area (Å²) in [5.74, 6) is 0. The van der Waals surface area contributed by atoms with Crippen molar-refractivity contribution in [1.29, 1.82) is 0 Å². The fourth-order valence-electron chi connectivity index (χ4n) is 1.00. The number of rotatable bonds is 10. The molecule has 0 aliphatic heterocycles. The van der Waals surface area contributed by atoms with E-state index in [9.17, 15) is 0 Å². The molecule has 0 aromatic rings. The molecule has 0 spiro atoms. The van der Waals surface area contributed by atoms with Gasteiger partial charge in [-0.25, -0.2) is 0 Å². The van der Waals surface area contributed by atoms with Crippen LogP contribution in [-0.2, 0) is 0 Å². The van der Waals surface area contributed by atoms with Gasteiger partial charge >= 0.3 is 0 Å². The molecule has 0 heterocycles. The van der Waals surface area contributed by atoms with Crippen molar-refractivity contribution in [1.82, 2.24) is 10.0 Å². The fourth-order valence-corrected chi connectivity index (χ4v) is 1.00. The second kappa shape index (κ2) is 9.71. The third kappa shape index (κ3) is 6.59. The van der Waals surface area contributed by atoms with Gasteiger partial charge in [0.25, 0.3) is 0 Å². The van der Waals surface area contributed by atoms with Gasteiger partial charge in [0.1, 0.15) is 0 Å². The lowest BCUT2D eigenvalue weighted by Gasteiger charge is -2.17.